The number of benzene rings is 1. The Balaban J connectivity index is 0.00000312. The molecule has 0 heterocycles. The van der Waals surface area contributed by atoms with E-state index in [0.29, 0.717) is 19.3 Å². The Morgan fingerprint density at radius 1 is 1.40 bits per heavy atom. The summed E-state index contributed by atoms with van der Waals surface area (Å²) in [6.07, 6.45) is 5.24. The van der Waals surface area contributed by atoms with Crippen molar-refractivity contribution >= 4 is 24.0 Å². The van der Waals surface area contributed by atoms with Gasteiger partial charge in [0.15, 0.2) is 0 Å². The molecule has 1 aromatic rings. The summed E-state index contributed by atoms with van der Waals surface area (Å²) in [6.45, 7) is 3.21. The average molecular weight is 371 g/mol. The van der Waals surface area contributed by atoms with Crippen LogP contribution in [-0.4, -0.2) is 31.8 Å². The van der Waals surface area contributed by atoms with E-state index in [-0.39, 0.29) is 30.8 Å². The number of halogens is 1. The van der Waals surface area contributed by atoms with E-state index in [4.69, 9.17) is 15.2 Å². The Labute approximate surface area is 157 Å². The smallest absolute Gasteiger partial charge is 0.227 e. The maximum absolute atomic E-state index is 12.0. The lowest BCUT2D eigenvalue weighted by Crippen LogP contribution is -2.28. The monoisotopic (exact) mass is 370 g/mol. The summed E-state index contributed by atoms with van der Waals surface area (Å²) < 4.78 is 11.2. The molecule has 0 spiro atoms. The van der Waals surface area contributed by atoms with E-state index < -0.39 is 0 Å². The summed E-state index contributed by atoms with van der Waals surface area (Å²) >= 11 is 0. The quantitative estimate of drug-likeness (QED) is 0.734. The Morgan fingerprint density at radius 2 is 2.20 bits per heavy atom. The van der Waals surface area contributed by atoms with E-state index >= 15 is 0 Å². The van der Waals surface area contributed by atoms with Gasteiger partial charge in [-0.1, -0.05) is 31.9 Å². The lowest BCUT2D eigenvalue weighted by molar-refractivity contribution is -0.118. The zero-order valence-corrected chi connectivity index (χ0v) is 16.0. The summed E-state index contributed by atoms with van der Waals surface area (Å²) in [4.78, 5) is 12.0. The first kappa shape index (κ1) is 21.9. The first-order valence-corrected chi connectivity index (χ1v) is 8.84. The third-order valence-corrected chi connectivity index (χ3v) is 4.59. The van der Waals surface area contributed by atoms with Crippen molar-refractivity contribution in [3.63, 3.8) is 0 Å². The highest BCUT2D eigenvalue weighted by molar-refractivity contribution is 5.91. The standard InChI is InChI=1S/C19H30N2O3.ClH/c1-14-5-3-8-17(9-14)24-13-15-6-4-7-16(10-15)21-19(22)11-18(12-20)23-2;/h4,6-7,10,14,17-18H,3,5,8-9,11-13,20H2,1-2H3,(H,21,22);1H. The number of carbonyl (C=O) groups is 1. The van der Waals surface area contributed by atoms with Crippen molar-refractivity contribution in [1.82, 2.24) is 0 Å². The maximum atomic E-state index is 12.0. The first-order valence-electron chi connectivity index (χ1n) is 8.84. The summed E-state index contributed by atoms with van der Waals surface area (Å²) in [5.74, 6) is 0.664. The molecule has 0 aliphatic heterocycles. The Kier molecular flexibility index (Phi) is 10.0. The molecule has 25 heavy (non-hydrogen) atoms. The number of rotatable bonds is 8. The fourth-order valence-corrected chi connectivity index (χ4v) is 3.16. The molecule has 0 bridgehead atoms. The minimum absolute atomic E-state index is 0. The van der Waals surface area contributed by atoms with E-state index in [9.17, 15) is 4.79 Å². The highest BCUT2D eigenvalue weighted by atomic mass is 35.5. The minimum Gasteiger partial charge on any atom is -0.380 e. The van der Waals surface area contributed by atoms with Gasteiger partial charge in [-0.05, 0) is 36.5 Å². The van der Waals surface area contributed by atoms with Crippen LogP contribution in [0.5, 0.6) is 0 Å². The van der Waals surface area contributed by atoms with E-state index in [1.807, 2.05) is 24.3 Å². The second kappa shape index (κ2) is 11.5. The lowest BCUT2D eigenvalue weighted by Gasteiger charge is -2.26. The highest BCUT2D eigenvalue weighted by Crippen LogP contribution is 2.26. The van der Waals surface area contributed by atoms with Crippen LogP contribution in [0.15, 0.2) is 24.3 Å². The molecular weight excluding hydrogens is 340 g/mol. The minimum atomic E-state index is -0.246. The summed E-state index contributed by atoms with van der Waals surface area (Å²) in [5, 5.41) is 2.90. The van der Waals surface area contributed by atoms with Gasteiger partial charge in [-0.2, -0.15) is 0 Å². The molecule has 1 fully saturated rings. The number of hydrogen-bond acceptors (Lipinski definition) is 4. The summed E-state index contributed by atoms with van der Waals surface area (Å²) in [5.41, 5.74) is 7.41. The van der Waals surface area contributed by atoms with Crippen LogP contribution >= 0.6 is 12.4 Å². The largest absolute Gasteiger partial charge is 0.380 e. The molecule has 1 amide bonds. The zero-order valence-electron chi connectivity index (χ0n) is 15.2. The topological polar surface area (TPSA) is 73.6 Å². The van der Waals surface area contributed by atoms with Gasteiger partial charge in [-0.25, -0.2) is 0 Å². The predicted molar refractivity (Wildman–Crippen MR) is 103 cm³/mol. The summed E-state index contributed by atoms with van der Waals surface area (Å²) in [6, 6.07) is 7.82. The number of nitrogens with one attached hydrogen (secondary N) is 1. The highest BCUT2D eigenvalue weighted by Gasteiger charge is 2.19. The average Bonchev–Trinajstić information content (AvgIpc) is 2.58. The van der Waals surface area contributed by atoms with Gasteiger partial charge in [0.25, 0.3) is 0 Å². The second-order valence-electron chi connectivity index (χ2n) is 6.75. The fourth-order valence-electron chi connectivity index (χ4n) is 3.16. The number of carbonyl (C=O) groups excluding carboxylic acids is 1. The predicted octanol–water partition coefficient (Wildman–Crippen LogP) is 3.51. The Morgan fingerprint density at radius 3 is 2.88 bits per heavy atom. The van der Waals surface area contributed by atoms with Crippen LogP contribution in [0.1, 0.15) is 44.6 Å². The third-order valence-electron chi connectivity index (χ3n) is 4.59. The van der Waals surface area contributed by atoms with Gasteiger partial charge >= 0.3 is 0 Å². The van der Waals surface area contributed by atoms with E-state index in [1.165, 1.54) is 12.8 Å². The molecule has 5 nitrogen and oxygen atoms in total. The molecule has 1 aromatic carbocycles. The lowest BCUT2D eigenvalue weighted by atomic mass is 9.89. The molecular formula is C19H31ClN2O3. The van der Waals surface area contributed by atoms with Gasteiger partial charge in [-0.15, -0.1) is 12.4 Å². The van der Waals surface area contributed by atoms with Gasteiger partial charge < -0.3 is 20.5 Å². The molecule has 3 N–H and O–H groups in total. The number of ether oxygens (including phenoxy) is 2. The molecule has 1 aliphatic rings. The van der Waals surface area contributed by atoms with Crippen LogP contribution in [0.25, 0.3) is 0 Å². The van der Waals surface area contributed by atoms with Gasteiger partial charge in [-0.3, -0.25) is 4.79 Å². The Bertz CT molecular complexity index is 523. The van der Waals surface area contributed by atoms with Gasteiger partial charge in [0, 0.05) is 19.3 Å². The summed E-state index contributed by atoms with van der Waals surface area (Å²) in [7, 11) is 1.56. The van der Waals surface area contributed by atoms with Gasteiger partial charge in [0.2, 0.25) is 5.91 Å². The Hall–Kier alpha value is -1.14. The number of anilines is 1. The zero-order chi connectivity index (χ0) is 17.4. The van der Waals surface area contributed by atoms with Crippen molar-refractivity contribution in [3.05, 3.63) is 29.8 Å². The van der Waals surface area contributed by atoms with E-state index in [2.05, 4.69) is 12.2 Å². The number of nitrogens with two attached hydrogens (primary N) is 1. The van der Waals surface area contributed by atoms with Crippen molar-refractivity contribution in [1.29, 1.82) is 0 Å². The van der Waals surface area contributed by atoms with E-state index in [0.717, 1.165) is 30.0 Å². The number of hydrogen-bond donors (Lipinski definition) is 2. The molecule has 0 saturated heterocycles. The third kappa shape index (κ3) is 7.74. The van der Waals surface area contributed by atoms with E-state index in [1.54, 1.807) is 7.11 Å². The second-order valence-corrected chi connectivity index (χ2v) is 6.75. The molecule has 0 aromatic heterocycles. The van der Waals surface area contributed by atoms with Crippen LogP contribution in [0.4, 0.5) is 5.69 Å². The molecule has 1 saturated carbocycles. The normalized spacial score (nSPS) is 21.2. The van der Waals surface area contributed by atoms with Crippen LogP contribution < -0.4 is 11.1 Å². The van der Waals surface area contributed by atoms with Crippen LogP contribution in [-0.2, 0) is 20.9 Å². The molecule has 3 unspecified atom stereocenters. The number of methoxy groups -OCH3 is 1. The van der Waals surface area contributed by atoms with Gasteiger partial charge in [0.05, 0.1) is 25.2 Å². The first-order chi connectivity index (χ1) is 11.6. The fraction of sp³-hybridized carbons (Fsp3) is 0.632. The molecule has 0 radical (unpaired) electrons. The SMILES string of the molecule is COC(CN)CC(=O)Nc1cccc(COC2CCCC(C)C2)c1.Cl. The molecule has 6 heteroatoms. The molecule has 2 rings (SSSR count). The molecule has 3 atom stereocenters. The maximum Gasteiger partial charge on any atom is 0.227 e. The van der Waals surface area contributed by atoms with Crippen molar-refractivity contribution in [2.45, 2.75) is 57.8 Å². The number of amides is 1. The molecule has 142 valence electrons. The van der Waals surface area contributed by atoms with Crippen LogP contribution in [0, 0.1) is 5.92 Å². The van der Waals surface area contributed by atoms with Crippen LogP contribution in [0.3, 0.4) is 0 Å². The van der Waals surface area contributed by atoms with Crippen molar-refractivity contribution in [2.75, 3.05) is 19.0 Å². The van der Waals surface area contributed by atoms with Crippen molar-refractivity contribution < 1.29 is 14.3 Å². The van der Waals surface area contributed by atoms with Crippen molar-refractivity contribution in [3.8, 4) is 0 Å². The van der Waals surface area contributed by atoms with Crippen molar-refractivity contribution in [2.24, 2.45) is 11.7 Å². The molecule has 1 aliphatic carbocycles. The van der Waals surface area contributed by atoms with Gasteiger partial charge in [0.1, 0.15) is 0 Å². The van der Waals surface area contributed by atoms with Crippen LogP contribution in [0.2, 0.25) is 0 Å².